The average Bonchev–Trinajstić information content (AvgIpc) is 3.32. The lowest BCUT2D eigenvalue weighted by Crippen LogP contribution is -2.52. The zero-order valence-electron chi connectivity index (χ0n) is 17.0. The summed E-state index contributed by atoms with van der Waals surface area (Å²) in [6, 6.07) is 1.62. The Bertz CT molecular complexity index is 1270. The van der Waals surface area contributed by atoms with Gasteiger partial charge in [-0.05, 0) is 18.9 Å². The molecule has 1 saturated carbocycles. The summed E-state index contributed by atoms with van der Waals surface area (Å²) in [6.45, 7) is 1.99. The van der Waals surface area contributed by atoms with Crippen molar-refractivity contribution in [1.29, 1.82) is 0 Å². The van der Waals surface area contributed by atoms with Crippen LogP contribution >= 0.6 is 0 Å². The predicted octanol–water partition coefficient (Wildman–Crippen LogP) is 3.08. The minimum atomic E-state index is -0.383. The first-order valence-corrected chi connectivity index (χ1v) is 9.79. The number of pyridine rings is 1. The van der Waals surface area contributed by atoms with Gasteiger partial charge in [0, 0.05) is 67.6 Å². The fourth-order valence-electron chi connectivity index (χ4n) is 4.38. The van der Waals surface area contributed by atoms with E-state index in [1.165, 1.54) is 6.07 Å². The molecule has 0 atom stereocenters. The van der Waals surface area contributed by atoms with E-state index in [1.54, 1.807) is 48.2 Å². The molecule has 0 bridgehead atoms. The Morgan fingerprint density at radius 3 is 2.93 bits per heavy atom. The summed E-state index contributed by atoms with van der Waals surface area (Å²) in [6.07, 6.45) is 10.1. The number of anilines is 1. The van der Waals surface area contributed by atoms with Crippen molar-refractivity contribution in [2.24, 2.45) is 5.41 Å². The maximum atomic E-state index is 14.3. The van der Waals surface area contributed by atoms with Crippen molar-refractivity contribution in [2.45, 2.75) is 25.8 Å². The number of H-pyrrole nitrogens is 1. The van der Waals surface area contributed by atoms with Crippen LogP contribution in [0.2, 0.25) is 0 Å². The van der Waals surface area contributed by atoms with Gasteiger partial charge in [0.05, 0.1) is 5.41 Å². The smallest absolute Gasteiger partial charge is 0.228 e. The molecule has 1 aliphatic carbocycles. The Kier molecular flexibility index (Phi) is 4.02. The van der Waals surface area contributed by atoms with E-state index >= 15 is 0 Å². The molecular formula is C21H22FN7O. The van der Waals surface area contributed by atoms with Crippen LogP contribution in [0.3, 0.4) is 0 Å². The number of halogens is 1. The molecule has 5 rings (SSSR count). The van der Waals surface area contributed by atoms with Crippen molar-refractivity contribution in [3.8, 4) is 11.1 Å². The van der Waals surface area contributed by atoms with E-state index in [-0.39, 0.29) is 23.2 Å². The topological polar surface area (TPSA) is 91.2 Å². The summed E-state index contributed by atoms with van der Waals surface area (Å²) in [4.78, 5) is 30.1. The standard InChI is InChI=1S/C21H22FN7O/c1-21(19(30)28(2)3)7-13(8-21)26-20-25-10-15-14(9-24-17(15)27-20)12-6-16(22)18-23-4-5-29(18)11-12/h4-6,9-11,13H,7-8H2,1-3H3,(H2,24,25,26,27)/t13-,21+. The predicted molar refractivity (Wildman–Crippen MR) is 111 cm³/mol. The van der Waals surface area contributed by atoms with E-state index in [1.807, 2.05) is 13.1 Å². The Morgan fingerprint density at radius 2 is 2.17 bits per heavy atom. The first kappa shape index (κ1) is 18.5. The second kappa shape index (κ2) is 6.51. The summed E-state index contributed by atoms with van der Waals surface area (Å²) in [5.41, 5.74) is 2.16. The maximum Gasteiger partial charge on any atom is 0.228 e. The lowest BCUT2D eigenvalue weighted by Gasteiger charge is -2.45. The highest BCUT2D eigenvalue weighted by Crippen LogP contribution is 2.43. The Hall–Kier alpha value is -3.49. The molecule has 4 aromatic rings. The summed E-state index contributed by atoms with van der Waals surface area (Å²) in [5, 5.41) is 4.12. The molecule has 0 spiro atoms. The molecule has 154 valence electrons. The molecule has 0 radical (unpaired) electrons. The molecule has 1 aliphatic rings. The van der Waals surface area contributed by atoms with Crippen LogP contribution in [0.4, 0.5) is 10.3 Å². The normalized spacial score (nSPS) is 21.0. The van der Waals surface area contributed by atoms with Crippen LogP contribution in [0, 0.1) is 11.2 Å². The SMILES string of the molecule is CN(C)C(=O)[C@]1(C)C[C@H](Nc2ncc3c(-c4cc(F)c5nccn5c4)c[nH]c3n2)C1. The molecule has 1 fully saturated rings. The summed E-state index contributed by atoms with van der Waals surface area (Å²) in [5.74, 6) is 0.274. The van der Waals surface area contributed by atoms with Crippen LogP contribution in [-0.4, -0.2) is 55.3 Å². The van der Waals surface area contributed by atoms with E-state index in [0.29, 0.717) is 22.8 Å². The Labute approximate surface area is 172 Å². The number of hydrogen-bond acceptors (Lipinski definition) is 5. The largest absolute Gasteiger partial charge is 0.351 e. The van der Waals surface area contributed by atoms with Gasteiger partial charge in [0.1, 0.15) is 5.65 Å². The molecule has 0 aromatic carbocycles. The fraction of sp³-hybridized carbons (Fsp3) is 0.333. The number of nitrogens with one attached hydrogen (secondary N) is 2. The van der Waals surface area contributed by atoms with Crippen molar-refractivity contribution >= 4 is 28.5 Å². The van der Waals surface area contributed by atoms with Crippen LogP contribution < -0.4 is 5.32 Å². The molecule has 0 unspecified atom stereocenters. The number of amides is 1. The molecule has 30 heavy (non-hydrogen) atoms. The zero-order valence-corrected chi connectivity index (χ0v) is 17.0. The van der Waals surface area contributed by atoms with Gasteiger partial charge in [0.2, 0.25) is 11.9 Å². The molecule has 9 heteroatoms. The number of carbonyl (C=O) groups is 1. The molecule has 4 heterocycles. The number of aromatic nitrogens is 5. The summed E-state index contributed by atoms with van der Waals surface area (Å²) >= 11 is 0. The van der Waals surface area contributed by atoms with Crippen molar-refractivity contribution in [3.63, 3.8) is 0 Å². The Balaban J connectivity index is 1.37. The van der Waals surface area contributed by atoms with Crippen LogP contribution in [0.25, 0.3) is 27.8 Å². The monoisotopic (exact) mass is 407 g/mol. The van der Waals surface area contributed by atoms with Crippen LogP contribution in [0.5, 0.6) is 0 Å². The van der Waals surface area contributed by atoms with E-state index in [4.69, 9.17) is 0 Å². The fourth-order valence-corrected chi connectivity index (χ4v) is 4.38. The second-order valence-electron chi connectivity index (χ2n) is 8.40. The summed E-state index contributed by atoms with van der Waals surface area (Å²) < 4.78 is 16.0. The van der Waals surface area contributed by atoms with Gasteiger partial charge < -0.3 is 19.6 Å². The van der Waals surface area contributed by atoms with Crippen molar-refractivity contribution in [3.05, 3.63) is 42.9 Å². The minimum Gasteiger partial charge on any atom is -0.351 e. The van der Waals surface area contributed by atoms with Gasteiger partial charge in [-0.25, -0.2) is 14.4 Å². The highest BCUT2D eigenvalue weighted by Gasteiger charge is 2.47. The van der Waals surface area contributed by atoms with Gasteiger partial charge in [0.25, 0.3) is 0 Å². The zero-order chi connectivity index (χ0) is 21.0. The van der Waals surface area contributed by atoms with Gasteiger partial charge in [-0.2, -0.15) is 4.98 Å². The van der Waals surface area contributed by atoms with E-state index in [9.17, 15) is 9.18 Å². The molecule has 8 nitrogen and oxygen atoms in total. The lowest BCUT2D eigenvalue weighted by atomic mass is 9.66. The number of fused-ring (bicyclic) bond motifs is 2. The number of imidazole rings is 1. The third-order valence-electron chi connectivity index (χ3n) is 5.84. The highest BCUT2D eigenvalue weighted by atomic mass is 19.1. The average molecular weight is 407 g/mol. The van der Waals surface area contributed by atoms with Crippen molar-refractivity contribution in [1.82, 2.24) is 29.2 Å². The number of aromatic amines is 1. The van der Waals surface area contributed by atoms with E-state index in [2.05, 4.69) is 25.3 Å². The van der Waals surface area contributed by atoms with Gasteiger partial charge in [-0.1, -0.05) is 6.92 Å². The first-order chi connectivity index (χ1) is 14.3. The first-order valence-electron chi connectivity index (χ1n) is 9.79. The van der Waals surface area contributed by atoms with Gasteiger partial charge >= 0.3 is 0 Å². The second-order valence-corrected chi connectivity index (χ2v) is 8.40. The quantitative estimate of drug-likeness (QED) is 0.543. The van der Waals surface area contributed by atoms with E-state index in [0.717, 1.165) is 23.8 Å². The Morgan fingerprint density at radius 1 is 1.37 bits per heavy atom. The number of carbonyl (C=O) groups excluding carboxylic acids is 1. The molecule has 2 N–H and O–H groups in total. The molecule has 4 aromatic heterocycles. The van der Waals surface area contributed by atoms with Gasteiger partial charge in [-0.3, -0.25) is 4.79 Å². The van der Waals surface area contributed by atoms with Crippen molar-refractivity contribution < 1.29 is 9.18 Å². The third kappa shape index (κ3) is 2.89. The van der Waals surface area contributed by atoms with E-state index < -0.39 is 0 Å². The van der Waals surface area contributed by atoms with Crippen molar-refractivity contribution in [2.75, 3.05) is 19.4 Å². The van der Waals surface area contributed by atoms with Crippen LogP contribution in [-0.2, 0) is 4.79 Å². The number of nitrogens with zero attached hydrogens (tertiary/aromatic N) is 5. The third-order valence-corrected chi connectivity index (χ3v) is 5.84. The minimum absolute atomic E-state index is 0.146. The maximum absolute atomic E-state index is 14.3. The number of hydrogen-bond donors (Lipinski definition) is 2. The molecular weight excluding hydrogens is 385 g/mol. The van der Waals surface area contributed by atoms with Gasteiger partial charge in [0.15, 0.2) is 11.5 Å². The summed E-state index contributed by atoms with van der Waals surface area (Å²) in [7, 11) is 3.56. The highest BCUT2D eigenvalue weighted by molar-refractivity contribution is 5.93. The number of rotatable bonds is 4. The van der Waals surface area contributed by atoms with Crippen LogP contribution in [0.1, 0.15) is 19.8 Å². The lowest BCUT2D eigenvalue weighted by molar-refractivity contribution is -0.143. The van der Waals surface area contributed by atoms with Gasteiger partial charge in [-0.15, -0.1) is 0 Å². The molecule has 0 saturated heterocycles. The van der Waals surface area contributed by atoms with Crippen LogP contribution in [0.15, 0.2) is 37.1 Å². The molecule has 0 aliphatic heterocycles. The molecule has 1 amide bonds.